The Morgan fingerprint density at radius 1 is 1.14 bits per heavy atom. The van der Waals surface area contributed by atoms with Crippen molar-refractivity contribution in [3.05, 3.63) is 70.2 Å². The van der Waals surface area contributed by atoms with Crippen LogP contribution in [0.4, 0.5) is 5.82 Å². The van der Waals surface area contributed by atoms with Crippen molar-refractivity contribution in [1.82, 2.24) is 34.7 Å². The second-order valence-electron chi connectivity index (χ2n) is 8.55. The van der Waals surface area contributed by atoms with Gasteiger partial charge in [0.05, 0.1) is 16.2 Å². The van der Waals surface area contributed by atoms with E-state index in [1.165, 1.54) is 11.8 Å². The molecule has 0 saturated carbocycles. The summed E-state index contributed by atoms with van der Waals surface area (Å²) in [7, 11) is 0. The van der Waals surface area contributed by atoms with E-state index in [1.807, 2.05) is 31.2 Å². The number of anilines is 1. The second-order valence-corrected chi connectivity index (χ2v) is 10.9. The molecule has 0 spiro atoms. The Kier molecular flexibility index (Phi) is 6.30. The van der Waals surface area contributed by atoms with Gasteiger partial charge in [-0.3, -0.25) is 0 Å². The summed E-state index contributed by atoms with van der Waals surface area (Å²) in [6.07, 6.45) is 7.00. The Bertz CT molecular complexity index is 1520. The summed E-state index contributed by atoms with van der Waals surface area (Å²) in [5.74, 6) is 2.05. The van der Waals surface area contributed by atoms with Gasteiger partial charge in [0.2, 0.25) is 0 Å². The highest BCUT2D eigenvalue weighted by Crippen LogP contribution is 2.37. The van der Waals surface area contributed by atoms with Gasteiger partial charge in [0.1, 0.15) is 16.4 Å². The number of hydrogen-bond donors (Lipinski definition) is 1. The maximum absolute atomic E-state index is 6.62. The molecule has 1 aliphatic rings. The van der Waals surface area contributed by atoms with Crippen LogP contribution in [0.1, 0.15) is 16.6 Å². The number of hydrogen-bond acceptors (Lipinski definition) is 10. The third kappa shape index (κ3) is 4.43. The van der Waals surface area contributed by atoms with Gasteiger partial charge >= 0.3 is 0 Å². The monoisotopic (exact) mass is 535 g/mol. The van der Waals surface area contributed by atoms with Gasteiger partial charge in [-0.15, -0.1) is 11.3 Å². The van der Waals surface area contributed by atoms with Crippen LogP contribution in [0.25, 0.3) is 17.0 Å². The maximum Gasteiger partial charge on any atom is 0.179 e. The number of nitrogens with zero attached hydrogens (tertiary/aromatic N) is 8. The number of aryl methyl sites for hydroxylation is 1. The largest absolute Gasteiger partial charge is 0.354 e. The molecule has 0 amide bonds. The fourth-order valence-corrected chi connectivity index (χ4v) is 6.47. The van der Waals surface area contributed by atoms with Crippen molar-refractivity contribution in [3.8, 4) is 5.82 Å². The molecule has 1 aliphatic heterocycles. The normalized spacial score (nSPS) is 17.8. The van der Waals surface area contributed by atoms with Crippen LogP contribution in [0, 0.1) is 12.8 Å². The average Bonchev–Trinajstić information content (AvgIpc) is 3.66. The third-order valence-electron chi connectivity index (χ3n) is 6.16. The molecule has 0 radical (unpaired) electrons. The summed E-state index contributed by atoms with van der Waals surface area (Å²) in [4.78, 5) is 26.3. The number of thiazole rings is 1. The molecular formula is C24H22ClN9S2. The SMILES string of the molecule is Cc1csc([C@H]2CN(c3cnc4nc(Sc5ccnc(-n6cccn6)c5Cl)ccc4n3)C[C@H]2CN)n1. The minimum atomic E-state index is 0.305. The van der Waals surface area contributed by atoms with E-state index >= 15 is 0 Å². The highest BCUT2D eigenvalue weighted by atomic mass is 35.5. The quantitative estimate of drug-likeness (QED) is 0.339. The van der Waals surface area contributed by atoms with E-state index in [4.69, 9.17) is 32.3 Å². The lowest BCUT2D eigenvalue weighted by molar-refractivity contribution is 0.529. The molecule has 2 N–H and O–H groups in total. The Hall–Kier alpha value is -3.12. The van der Waals surface area contributed by atoms with Gasteiger partial charge in [-0.25, -0.2) is 29.6 Å². The van der Waals surface area contributed by atoms with Gasteiger partial charge in [0, 0.05) is 53.6 Å². The van der Waals surface area contributed by atoms with Crippen LogP contribution in [-0.2, 0) is 0 Å². The van der Waals surface area contributed by atoms with Crippen LogP contribution in [-0.4, -0.2) is 54.3 Å². The summed E-state index contributed by atoms with van der Waals surface area (Å²) >= 11 is 9.79. The number of fused-ring (bicyclic) bond motifs is 1. The second kappa shape index (κ2) is 9.74. The molecule has 5 aromatic rings. The number of pyridine rings is 2. The van der Waals surface area contributed by atoms with Crippen LogP contribution < -0.4 is 10.6 Å². The molecule has 6 rings (SSSR count). The van der Waals surface area contributed by atoms with E-state index in [0.717, 1.165) is 45.0 Å². The van der Waals surface area contributed by atoms with Gasteiger partial charge in [0.25, 0.3) is 0 Å². The van der Waals surface area contributed by atoms with Gasteiger partial charge < -0.3 is 10.6 Å². The van der Waals surface area contributed by atoms with E-state index in [-0.39, 0.29) is 0 Å². The molecule has 2 atom stereocenters. The number of nitrogens with two attached hydrogens (primary N) is 1. The fraction of sp³-hybridized carbons (Fsp3) is 0.250. The lowest BCUT2D eigenvalue weighted by Crippen LogP contribution is -2.23. The molecule has 36 heavy (non-hydrogen) atoms. The van der Waals surface area contributed by atoms with Crippen molar-refractivity contribution in [2.75, 3.05) is 24.5 Å². The zero-order valence-corrected chi connectivity index (χ0v) is 21.7. The summed E-state index contributed by atoms with van der Waals surface area (Å²) in [6.45, 7) is 4.30. The van der Waals surface area contributed by atoms with Gasteiger partial charge in [0.15, 0.2) is 11.5 Å². The standard InChI is InChI=1S/C24H22ClN9S2/c1-14-13-35-24(30-14)16-12-33(11-15(16)9-26)19-10-28-22-17(31-19)3-4-20(32-22)36-18-5-7-27-23(21(18)25)34-8-2-6-29-34/h2-8,10,13,15-16H,9,11-12,26H2,1H3/t15-,16+/m1/s1. The first kappa shape index (κ1) is 23.3. The van der Waals surface area contributed by atoms with Crippen molar-refractivity contribution in [2.45, 2.75) is 22.8 Å². The highest BCUT2D eigenvalue weighted by Gasteiger charge is 2.35. The smallest absolute Gasteiger partial charge is 0.179 e. The molecule has 0 unspecified atom stereocenters. The van der Waals surface area contributed by atoms with Crippen LogP contribution >= 0.6 is 34.7 Å². The molecule has 0 aromatic carbocycles. The van der Waals surface area contributed by atoms with E-state index in [9.17, 15) is 0 Å². The van der Waals surface area contributed by atoms with Crippen molar-refractivity contribution in [1.29, 1.82) is 0 Å². The molecule has 1 fully saturated rings. The van der Waals surface area contributed by atoms with Crippen LogP contribution in [0.15, 0.2) is 64.4 Å². The molecule has 0 aliphatic carbocycles. The Balaban J connectivity index is 1.23. The Morgan fingerprint density at radius 3 is 2.83 bits per heavy atom. The van der Waals surface area contributed by atoms with Crippen LogP contribution in [0.5, 0.6) is 0 Å². The summed E-state index contributed by atoms with van der Waals surface area (Å²) in [6, 6.07) is 7.57. The maximum atomic E-state index is 6.62. The molecule has 9 nitrogen and oxygen atoms in total. The predicted molar refractivity (Wildman–Crippen MR) is 142 cm³/mol. The Morgan fingerprint density at radius 2 is 2.06 bits per heavy atom. The zero-order valence-electron chi connectivity index (χ0n) is 19.3. The van der Waals surface area contributed by atoms with Crippen molar-refractivity contribution in [2.24, 2.45) is 11.7 Å². The van der Waals surface area contributed by atoms with Gasteiger partial charge in [-0.2, -0.15) is 5.10 Å². The number of rotatable bonds is 6. The molecule has 12 heteroatoms. The van der Waals surface area contributed by atoms with Gasteiger partial charge in [-0.05, 0) is 43.7 Å². The predicted octanol–water partition coefficient (Wildman–Crippen LogP) is 4.35. The summed E-state index contributed by atoms with van der Waals surface area (Å²) in [5.41, 5.74) is 8.50. The minimum Gasteiger partial charge on any atom is -0.354 e. The van der Waals surface area contributed by atoms with E-state index in [2.05, 4.69) is 25.3 Å². The lowest BCUT2D eigenvalue weighted by Gasteiger charge is -2.17. The first-order chi connectivity index (χ1) is 17.6. The number of halogens is 1. The van der Waals surface area contributed by atoms with Crippen LogP contribution in [0.2, 0.25) is 5.02 Å². The number of aromatic nitrogens is 7. The van der Waals surface area contributed by atoms with Crippen molar-refractivity contribution >= 4 is 51.7 Å². The summed E-state index contributed by atoms with van der Waals surface area (Å²) in [5, 5.41) is 8.75. The van der Waals surface area contributed by atoms with Gasteiger partial charge in [-0.1, -0.05) is 23.4 Å². The first-order valence-electron chi connectivity index (χ1n) is 11.4. The van der Waals surface area contributed by atoms with Crippen molar-refractivity contribution < 1.29 is 0 Å². The molecular weight excluding hydrogens is 514 g/mol. The van der Waals surface area contributed by atoms with E-state index in [0.29, 0.717) is 34.9 Å². The fourth-order valence-electron chi connectivity index (χ4n) is 4.37. The highest BCUT2D eigenvalue weighted by molar-refractivity contribution is 7.99. The molecule has 182 valence electrons. The summed E-state index contributed by atoms with van der Waals surface area (Å²) < 4.78 is 1.64. The Labute approximate surface area is 220 Å². The van der Waals surface area contributed by atoms with E-state index in [1.54, 1.807) is 40.8 Å². The van der Waals surface area contributed by atoms with E-state index < -0.39 is 0 Å². The zero-order chi connectivity index (χ0) is 24.6. The first-order valence-corrected chi connectivity index (χ1v) is 13.5. The topological polar surface area (TPSA) is 112 Å². The third-order valence-corrected chi connectivity index (χ3v) is 8.74. The molecule has 0 bridgehead atoms. The average molecular weight is 536 g/mol. The minimum absolute atomic E-state index is 0.305. The molecule has 1 saturated heterocycles. The lowest BCUT2D eigenvalue weighted by atomic mass is 9.97. The van der Waals surface area contributed by atoms with Crippen molar-refractivity contribution in [3.63, 3.8) is 0 Å². The molecule has 5 aromatic heterocycles. The van der Waals surface area contributed by atoms with Crippen LogP contribution in [0.3, 0.4) is 0 Å². The molecule has 6 heterocycles.